The van der Waals surface area contributed by atoms with E-state index >= 15 is 0 Å². The van der Waals surface area contributed by atoms with Crippen molar-refractivity contribution in [2.45, 2.75) is 6.92 Å². The molecule has 4 aromatic rings. The molecular formula is C20H15N3O2S. The zero-order chi connectivity index (χ0) is 18.1. The van der Waals surface area contributed by atoms with Crippen molar-refractivity contribution in [3.63, 3.8) is 0 Å². The van der Waals surface area contributed by atoms with Crippen LogP contribution in [0.15, 0.2) is 65.8 Å². The second-order valence-electron chi connectivity index (χ2n) is 5.80. The number of nitrogens with zero attached hydrogens (tertiary/aromatic N) is 3. The largest absolute Gasteiger partial charge is 0.506 e. The molecule has 4 rings (SSSR count). The minimum Gasteiger partial charge on any atom is -0.506 e. The number of rotatable bonds is 3. The summed E-state index contributed by atoms with van der Waals surface area (Å²) in [5, 5.41) is 32.5. The third-order valence-corrected chi connectivity index (χ3v) is 5.35. The van der Waals surface area contributed by atoms with Crippen molar-refractivity contribution in [1.29, 1.82) is 0 Å². The van der Waals surface area contributed by atoms with Gasteiger partial charge >= 0.3 is 0 Å². The van der Waals surface area contributed by atoms with Crippen LogP contribution in [0.5, 0.6) is 5.75 Å². The number of benzene rings is 2. The number of oxime groups is 1. The summed E-state index contributed by atoms with van der Waals surface area (Å²) >= 11 is 1.25. The fraction of sp³-hybridized carbons (Fsp3) is 0.0500. The molecule has 0 aliphatic heterocycles. The van der Waals surface area contributed by atoms with Crippen molar-refractivity contribution < 1.29 is 10.3 Å². The standard InChI is InChI=1S/C20H15N3O2S/c1-12(23-25)19-18(24)16-15(13-8-4-2-5-9-13)17(21-22-20(16)26-19)14-10-6-3-7-11-14/h2-11,24-25H,1H3/b23-12-. The highest BCUT2D eigenvalue weighted by atomic mass is 32.1. The lowest BCUT2D eigenvalue weighted by Crippen LogP contribution is -1.93. The molecule has 5 nitrogen and oxygen atoms in total. The molecule has 0 aliphatic carbocycles. The van der Waals surface area contributed by atoms with E-state index in [1.807, 2.05) is 60.7 Å². The highest BCUT2D eigenvalue weighted by Gasteiger charge is 2.23. The van der Waals surface area contributed by atoms with Gasteiger partial charge in [-0.2, -0.15) is 0 Å². The Kier molecular flexibility index (Phi) is 4.10. The average Bonchev–Trinajstić information content (AvgIpc) is 3.05. The zero-order valence-electron chi connectivity index (χ0n) is 13.9. The Bertz CT molecular complexity index is 1110. The number of aromatic nitrogens is 2. The number of hydrogen-bond donors (Lipinski definition) is 2. The Balaban J connectivity index is 2.12. The van der Waals surface area contributed by atoms with Gasteiger partial charge in [0.05, 0.1) is 16.0 Å². The lowest BCUT2D eigenvalue weighted by Gasteiger charge is -2.10. The Hall–Kier alpha value is -3.25. The molecular weight excluding hydrogens is 346 g/mol. The first-order valence-corrected chi connectivity index (χ1v) is 8.84. The first-order valence-electron chi connectivity index (χ1n) is 8.02. The van der Waals surface area contributed by atoms with Crippen molar-refractivity contribution in [2.24, 2.45) is 5.16 Å². The Morgan fingerprint density at radius 2 is 1.54 bits per heavy atom. The van der Waals surface area contributed by atoms with E-state index in [-0.39, 0.29) is 5.75 Å². The molecule has 128 valence electrons. The molecule has 0 spiro atoms. The second-order valence-corrected chi connectivity index (χ2v) is 6.80. The molecule has 6 heteroatoms. The first kappa shape index (κ1) is 16.2. The van der Waals surface area contributed by atoms with E-state index in [2.05, 4.69) is 15.4 Å². The monoisotopic (exact) mass is 361 g/mol. The van der Waals surface area contributed by atoms with Gasteiger partial charge in [0.15, 0.2) is 4.83 Å². The van der Waals surface area contributed by atoms with Crippen molar-refractivity contribution in [2.75, 3.05) is 0 Å². The zero-order valence-corrected chi connectivity index (χ0v) is 14.7. The summed E-state index contributed by atoms with van der Waals surface area (Å²) in [6.45, 7) is 1.64. The summed E-state index contributed by atoms with van der Waals surface area (Å²) in [5.41, 5.74) is 3.70. The predicted molar refractivity (Wildman–Crippen MR) is 104 cm³/mol. The molecule has 0 amide bonds. The van der Waals surface area contributed by atoms with Crippen LogP contribution in [0.1, 0.15) is 11.8 Å². The number of hydrogen-bond acceptors (Lipinski definition) is 6. The van der Waals surface area contributed by atoms with Gasteiger partial charge in [-0.1, -0.05) is 65.8 Å². The van der Waals surface area contributed by atoms with E-state index in [0.717, 1.165) is 16.7 Å². The molecule has 2 heterocycles. The number of fused-ring (bicyclic) bond motifs is 1. The smallest absolute Gasteiger partial charge is 0.151 e. The third-order valence-electron chi connectivity index (χ3n) is 4.18. The highest BCUT2D eigenvalue weighted by molar-refractivity contribution is 7.21. The molecule has 0 radical (unpaired) electrons. The van der Waals surface area contributed by atoms with E-state index in [4.69, 9.17) is 5.21 Å². The number of thiophene rings is 1. The van der Waals surface area contributed by atoms with Crippen molar-refractivity contribution in [3.8, 4) is 28.1 Å². The number of aromatic hydroxyl groups is 1. The summed E-state index contributed by atoms with van der Waals surface area (Å²) < 4.78 is 0. The minimum atomic E-state index is 0.0613. The van der Waals surface area contributed by atoms with Gasteiger partial charge in [0.1, 0.15) is 11.4 Å². The normalized spacial score (nSPS) is 11.8. The summed E-state index contributed by atoms with van der Waals surface area (Å²) in [6.07, 6.45) is 0. The molecule has 0 atom stereocenters. The van der Waals surface area contributed by atoms with E-state index in [1.54, 1.807) is 6.92 Å². The van der Waals surface area contributed by atoms with Gasteiger partial charge < -0.3 is 10.3 Å². The van der Waals surface area contributed by atoms with E-state index in [0.29, 0.717) is 26.5 Å². The van der Waals surface area contributed by atoms with E-state index in [9.17, 15) is 5.11 Å². The van der Waals surface area contributed by atoms with Crippen molar-refractivity contribution in [1.82, 2.24) is 10.2 Å². The van der Waals surface area contributed by atoms with E-state index in [1.165, 1.54) is 11.3 Å². The Labute approximate surface area is 153 Å². The van der Waals surface area contributed by atoms with Crippen LogP contribution in [0, 0.1) is 0 Å². The van der Waals surface area contributed by atoms with E-state index < -0.39 is 0 Å². The molecule has 0 aliphatic rings. The maximum absolute atomic E-state index is 10.9. The van der Waals surface area contributed by atoms with Gasteiger partial charge in [0.2, 0.25) is 0 Å². The van der Waals surface area contributed by atoms with Crippen molar-refractivity contribution in [3.05, 3.63) is 65.5 Å². The van der Waals surface area contributed by atoms with Gasteiger partial charge in [0, 0.05) is 11.1 Å². The molecule has 26 heavy (non-hydrogen) atoms. The summed E-state index contributed by atoms with van der Waals surface area (Å²) in [4.78, 5) is 1.08. The lowest BCUT2D eigenvalue weighted by molar-refractivity contribution is 0.319. The Morgan fingerprint density at radius 3 is 2.15 bits per heavy atom. The third kappa shape index (κ3) is 2.60. The quantitative estimate of drug-likeness (QED) is 0.308. The van der Waals surface area contributed by atoms with Gasteiger partial charge in [0.25, 0.3) is 0 Å². The van der Waals surface area contributed by atoms with Crippen LogP contribution in [-0.4, -0.2) is 26.2 Å². The molecule has 0 saturated carbocycles. The van der Waals surface area contributed by atoms with Crippen LogP contribution in [0.25, 0.3) is 32.6 Å². The fourth-order valence-corrected chi connectivity index (χ4v) is 3.91. The first-order chi connectivity index (χ1) is 12.7. The molecule has 2 aromatic carbocycles. The molecule has 0 bridgehead atoms. The maximum atomic E-state index is 10.9. The Morgan fingerprint density at radius 1 is 0.923 bits per heavy atom. The minimum absolute atomic E-state index is 0.0613. The van der Waals surface area contributed by atoms with Crippen LogP contribution in [0.3, 0.4) is 0 Å². The average molecular weight is 361 g/mol. The highest BCUT2D eigenvalue weighted by Crippen LogP contribution is 2.44. The molecule has 2 aromatic heterocycles. The van der Waals surface area contributed by atoms with Crippen molar-refractivity contribution >= 4 is 27.3 Å². The summed E-state index contributed by atoms with van der Waals surface area (Å²) in [7, 11) is 0. The second kappa shape index (κ2) is 6.57. The lowest BCUT2D eigenvalue weighted by atomic mass is 9.97. The van der Waals surface area contributed by atoms with Crippen LogP contribution in [-0.2, 0) is 0 Å². The molecule has 0 unspecified atom stereocenters. The fourth-order valence-electron chi connectivity index (χ4n) is 2.95. The van der Waals surface area contributed by atoms with Gasteiger partial charge in [-0.3, -0.25) is 0 Å². The van der Waals surface area contributed by atoms with Gasteiger partial charge in [-0.05, 0) is 12.5 Å². The molecule has 0 fully saturated rings. The molecule has 0 saturated heterocycles. The topological polar surface area (TPSA) is 78.6 Å². The van der Waals surface area contributed by atoms with Crippen LogP contribution in [0.4, 0.5) is 0 Å². The predicted octanol–water partition coefficient (Wildman–Crippen LogP) is 4.93. The summed E-state index contributed by atoms with van der Waals surface area (Å²) in [5.74, 6) is 0.0613. The summed E-state index contributed by atoms with van der Waals surface area (Å²) in [6, 6.07) is 19.6. The van der Waals surface area contributed by atoms with Gasteiger partial charge in [-0.15, -0.1) is 21.5 Å². The SMILES string of the molecule is C/C(=N/O)c1sc2nnc(-c3ccccc3)c(-c3ccccc3)c2c1O. The molecule has 2 N–H and O–H groups in total. The van der Waals surface area contributed by atoms with Crippen LogP contribution in [0.2, 0.25) is 0 Å². The maximum Gasteiger partial charge on any atom is 0.151 e. The van der Waals surface area contributed by atoms with Crippen LogP contribution >= 0.6 is 11.3 Å². The van der Waals surface area contributed by atoms with Gasteiger partial charge in [-0.25, -0.2) is 0 Å². The van der Waals surface area contributed by atoms with Crippen LogP contribution < -0.4 is 0 Å².